The summed E-state index contributed by atoms with van der Waals surface area (Å²) in [5.41, 5.74) is 0. The van der Waals surface area contributed by atoms with Crippen molar-refractivity contribution in [1.82, 2.24) is 5.32 Å². The fourth-order valence-corrected chi connectivity index (χ4v) is 8.93. The first-order chi connectivity index (χ1) is 31.0. The lowest BCUT2D eigenvalue weighted by Gasteiger charge is -2.22. The van der Waals surface area contributed by atoms with Crippen LogP contribution in [-0.2, 0) is 14.3 Å². The highest BCUT2D eigenvalue weighted by Crippen LogP contribution is 2.17. The molecular formula is C57H111NO5. The third-order valence-corrected chi connectivity index (χ3v) is 13.3. The van der Waals surface area contributed by atoms with Crippen LogP contribution in [0.5, 0.6) is 0 Å². The highest BCUT2D eigenvalue weighted by Gasteiger charge is 2.20. The Morgan fingerprint density at radius 3 is 1.13 bits per heavy atom. The largest absolute Gasteiger partial charge is 0.466 e. The smallest absolute Gasteiger partial charge is 0.305 e. The molecule has 0 aromatic heterocycles. The van der Waals surface area contributed by atoms with E-state index in [9.17, 15) is 19.8 Å². The van der Waals surface area contributed by atoms with Gasteiger partial charge in [0, 0.05) is 12.8 Å². The zero-order chi connectivity index (χ0) is 45.8. The molecule has 0 aliphatic carbocycles. The van der Waals surface area contributed by atoms with Crippen molar-refractivity contribution in [3.05, 3.63) is 12.2 Å². The molecule has 1 amide bonds. The molecule has 6 nitrogen and oxygen atoms in total. The number of aliphatic hydroxyl groups excluding tert-OH is 2. The number of nitrogens with one attached hydrogen (secondary N) is 1. The van der Waals surface area contributed by atoms with Gasteiger partial charge in [-0.1, -0.05) is 257 Å². The molecule has 6 heteroatoms. The number of hydrogen-bond acceptors (Lipinski definition) is 5. The van der Waals surface area contributed by atoms with E-state index < -0.39 is 12.1 Å². The van der Waals surface area contributed by atoms with Crippen molar-refractivity contribution < 1.29 is 24.5 Å². The van der Waals surface area contributed by atoms with E-state index in [4.69, 9.17) is 4.74 Å². The molecule has 374 valence electrons. The van der Waals surface area contributed by atoms with Gasteiger partial charge in [0.15, 0.2) is 0 Å². The summed E-state index contributed by atoms with van der Waals surface area (Å²) in [6.45, 7) is 4.92. The Morgan fingerprint density at radius 1 is 0.429 bits per heavy atom. The number of unbranched alkanes of at least 4 members (excludes halogenated alkanes) is 40. The van der Waals surface area contributed by atoms with Crippen LogP contribution >= 0.6 is 0 Å². The predicted molar refractivity (Wildman–Crippen MR) is 273 cm³/mol. The number of ether oxygens (including phenoxy) is 1. The van der Waals surface area contributed by atoms with Crippen LogP contribution in [-0.4, -0.2) is 47.4 Å². The molecule has 0 radical (unpaired) electrons. The van der Waals surface area contributed by atoms with E-state index in [0.29, 0.717) is 25.9 Å². The number of esters is 1. The molecule has 0 aliphatic heterocycles. The molecule has 0 heterocycles. The van der Waals surface area contributed by atoms with E-state index >= 15 is 0 Å². The van der Waals surface area contributed by atoms with E-state index in [1.165, 1.54) is 205 Å². The first-order valence-corrected chi connectivity index (χ1v) is 28.4. The predicted octanol–water partition coefficient (Wildman–Crippen LogP) is 17.3. The topological polar surface area (TPSA) is 95.9 Å². The van der Waals surface area contributed by atoms with Gasteiger partial charge >= 0.3 is 5.97 Å². The molecule has 0 saturated heterocycles. The van der Waals surface area contributed by atoms with E-state index in [1.54, 1.807) is 0 Å². The molecule has 0 bridgehead atoms. The number of carbonyl (C=O) groups is 2. The summed E-state index contributed by atoms with van der Waals surface area (Å²) in [6.07, 6.45) is 62.0. The SMILES string of the molecule is CCCCCCCCCCCCCCCCCCCCC(O)C(CO)NC(=O)CCCCCCC/C=C\CCCCCOC(=O)CCCCCCCCCCCCCCCCCC. The number of amides is 1. The summed E-state index contributed by atoms with van der Waals surface area (Å²) in [7, 11) is 0. The molecule has 0 rings (SSSR count). The fraction of sp³-hybridized carbons (Fsp3) is 0.930. The molecule has 3 N–H and O–H groups in total. The Balaban J connectivity index is 3.48. The second kappa shape index (κ2) is 53.2. The lowest BCUT2D eigenvalue weighted by molar-refractivity contribution is -0.143. The highest BCUT2D eigenvalue weighted by atomic mass is 16.5. The van der Waals surface area contributed by atoms with E-state index in [0.717, 1.165) is 77.0 Å². The van der Waals surface area contributed by atoms with Gasteiger partial charge in [0.25, 0.3) is 0 Å². The van der Waals surface area contributed by atoms with Gasteiger partial charge in [-0.05, 0) is 57.8 Å². The number of aliphatic hydroxyl groups is 2. The van der Waals surface area contributed by atoms with Gasteiger partial charge in [0.2, 0.25) is 5.91 Å². The summed E-state index contributed by atoms with van der Waals surface area (Å²) in [6, 6.07) is -0.559. The van der Waals surface area contributed by atoms with Crippen LogP contribution in [0.25, 0.3) is 0 Å². The number of carbonyl (C=O) groups excluding carboxylic acids is 2. The van der Waals surface area contributed by atoms with Crippen molar-refractivity contribution in [3.63, 3.8) is 0 Å². The fourth-order valence-electron chi connectivity index (χ4n) is 8.93. The van der Waals surface area contributed by atoms with E-state index in [1.807, 2.05) is 0 Å². The van der Waals surface area contributed by atoms with E-state index in [2.05, 4.69) is 31.3 Å². The van der Waals surface area contributed by atoms with Crippen LogP contribution in [0.4, 0.5) is 0 Å². The monoisotopic (exact) mass is 890 g/mol. The maximum atomic E-state index is 12.5. The van der Waals surface area contributed by atoms with Crippen LogP contribution in [0.15, 0.2) is 12.2 Å². The van der Waals surface area contributed by atoms with Crippen LogP contribution in [0, 0.1) is 0 Å². The maximum absolute atomic E-state index is 12.5. The third-order valence-electron chi connectivity index (χ3n) is 13.3. The van der Waals surface area contributed by atoms with Crippen molar-refractivity contribution >= 4 is 11.9 Å². The second-order valence-corrected chi connectivity index (χ2v) is 19.6. The Morgan fingerprint density at radius 2 is 0.746 bits per heavy atom. The van der Waals surface area contributed by atoms with Crippen molar-refractivity contribution in [3.8, 4) is 0 Å². The minimum atomic E-state index is -0.680. The normalized spacial score (nSPS) is 12.6. The first-order valence-electron chi connectivity index (χ1n) is 28.4. The molecule has 0 aromatic rings. The van der Waals surface area contributed by atoms with Crippen LogP contribution < -0.4 is 5.32 Å². The van der Waals surface area contributed by atoms with Crippen molar-refractivity contribution in [1.29, 1.82) is 0 Å². The molecule has 0 spiro atoms. The molecular weight excluding hydrogens is 779 g/mol. The summed E-state index contributed by atoms with van der Waals surface area (Å²) >= 11 is 0. The minimum absolute atomic E-state index is 0.0185. The molecule has 2 atom stereocenters. The summed E-state index contributed by atoms with van der Waals surface area (Å²) in [5.74, 6) is -0.0763. The van der Waals surface area contributed by atoms with Crippen LogP contribution in [0.3, 0.4) is 0 Å². The number of rotatable bonds is 53. The van der Waals surface area contributed by atoms with E-state index in [-0.39, 0.29) is 18.5 Å². The average molecular weight is 891 g/mol. The lowest BCUT2D eigenvalue weighted by atomic mass is 10.0. The molecule has 0 aliphatic rings. The van der Waals surface area contributed by atoms with Gasteiger partial charge in [-0.3, -0.25) is 9.59 Å². The van der Waals surface area contributed by atoms with Crippen molar-refractivity contribution in [2.75, 3.05) is 13.2 Å². The quantitative estimate of drug-likeness (QED) is 0.0321. The van der Waals surface area contributed by atoms with Gasteiger partial charge < -0.3 is 20.3 Å². The van der Waals surface area contributed by atoms with Crippen LogP contribution in [0.2, 0.25) is 0 Å². The summed E-state index contributed by atoms with van der Waals surface area (Å²) < 4.78 is 5.46. The Hall–Kier alpha value is -1.40. The Labute approximate surface area is 393 Å². The van der Waals surface area contributed by atoms with Gasteiger partial charge in [-0.2, -0.15) is 0 Å². The molecule has 0 aromatic carbocycles. The zero-order valence-corrected chi connectivity index (χ0v) is 42.6. The first kappa shape index (κ1) is 61.6. The van der Waals surface area contributed by atoms with Gasteiger partial charge in [-0.15, -0.1) is 0 Å². The average Bonchev–Trinajstić information content (AvgIpc) is 3.28. The van der Waals surface area contributed by atoms with Crippen molar-refractivity contribution in [2.24, 2.45) is 0 Å². The summed E-state index contributed by atoms with van der Waals surface area (Å²) in [4.78, 5) is 24.5. The Bertz CT molecular complexity index is 939. The standard InChI is InChI=1S/C57H111NO5/c1-3-5-7-9-11-13-15-17-19-21-22-23-25-29-33-37-41-45-49-55(60)54(53-59)58-56(61)50-46-42-38-34-30-27-28-32-36-40-44-48-52-63-57(62)51-47-43-39-35-31-26-24-20-18-16-14-12-10-8-6-4-2/h28,32,54-55,59-60H,3-27,29-31,33-53H2,1-2H3,(H,58,61)/b32-28-. The van der Waals surface area contributed by atoms with Gasteiger partial charge in [0.1, 0.15) is 0 Å². The highest BCUT2D eigenvalue weighted by molar-refractivity contribution is 5.76. The molecule has 0 saturated carbocycles. The maximum Gasteiger partial charge on any atom is 0.305 e. The lowest BCUT2D eigenvalue weighted by Crippen LogP contribution is -2.45. The minimum Gasteiger partial charge on any atom is -0.466 e. The zero-order valence-electron chi connectivity index (χ0n) is 42.6. The second-order valence-electron chi connectivity index (χ2n) is 19.6. The third kappa shape index (κ3) is 49.9. The number of hydrogen-bond donors (Lipinski definition) is 3. The Kier molecular flexibility index (Phi) is 52.0. The molecule has 2 unspecified atom stereocenters. The molecule has 0 fully saturated rings. The van der Waals surface area contributed by atoms with Crippen molar-refractivity contribution in [2.45, 2.75) is 328 Å². The number of allylic oxidation sites excluding steroid dienone is 2. The molecule has 63 heavy (non-hydrogen) atoms. The van der Waals surface area contributed by atoms with Gasteiger partial charge in [-0.25, -0.2) is 0 Å². The van der Waals surface area contributed by atoms with Gasteiger partial charge in [0.05, 0.1) is 25.4 Å². The summed E-state index contributed by atoms with van der Waals surface area (Å²) in [5, 5.41) is 23.3. The van der Waals surface area contributed by atoms with Crippen LogP contribution in [0.1, 0.15) is 316 Å².